The second-order valence-electron chi connectivity index (χ2n) is 4.79. The molecule has 0 saturated heterocycles. The Morgan fingerprint density at radius 3 is 2.39 bits per heavy atom. The summed E-state index contributed by atoms with van der Waals surface area (Å²) < 4.78 is 5.69. The van der Waals surface area contributed by atoms with Crippen LogP contribution >= 0.6 is 0 Å². The minimum atomic E-state index is 0.577. The van der Waals surface area contributed by atoms with E-state index in [1.807, 2.05) is 30.3 Å². The van der Waals surface area contributed by atoms with E-state index in [4.69, 9.17) is 10.5 Å². The fraction of sp³-hybridized carbons (Fsp3) is 0.600. The lowest BCUT2D eigenvalue weighted by atomic mass is 10.2. The summed E-state index contributed by atoms with van der Waals surface area (Å²) in [5, 5.41) is 0. The molecule has 0 fully saturated rings. The van der Waals surface area contributed by atoms with E-state index >= 15 is 0 Å². The normalized spacial score (nSPS) is 11.2. The third kappa shape index (κ3) is 6.03. The molecular formula is C15H26N2O. The molecule has 2 N–H and O–H groups in total. The maximum Gasteiger partial charge on any atom is 0.119 e. The average Bonchev–Trinajstić information content (AvgIpc) is 2.38. The molecule has 0 bridgehead atoms. The van der Waals surface area contributed by atoms with E-state index in [-0.39, 0.29) is 0 Å². The molecule has 0 radical (unpaired) electrons. The molecule has 0 aromatic heterocycles. The maximum absolute atomic E-state index is 5.69. The van der Waals surface area contributed by atoms with Crippen molar-refractivity contribution >= 4 is 0 Å². The zero-order chi connectivity index (χ0) is 13.2. The first-order chi connectivity index (χ1) is 8.74. The van der Waals surface area contributed by atoms with Crippen molar-refractivity contribution in [2.24, 2.45) is 5.73 Å². The number of nitrogens with zero attached hydrogens (tertiary/aromatic N) is 1. The van der Waals surface area contributed by atoms with Gasteiger partial charge < -0.3 is 15.4 Å². The summed E-state index contributed by atoms with van der Waals surface area (Å²) in [5.74, 6) is 0.954. The van der Waals surface area contributed by atoms with Gasteiger partial charge in [0.15, 0.2) is 0 Å². The molecule has 0 aliphatic rings. The molecule has 0 atom stereocenters. The predicted octanol–water partition coefficient (Wildman–Crippen LogP) is 2.51. The van der Waals surface area contributed by atoms with Gasteiger partial charge in [0.1, 0.15) is 5.75 Å². The van der Waals surface area contributed by atoms with Gasteiger partial charge in [0.25, 0.3) is 0 Å². The van der Waals surface area contributed by atoms with Crippen molar-refractivity contribution in [3.05, 3.63) is 30.3 Å². The largest absolute Gasteiger partial charge is 0.494 e. The second-order valence-corrected chi connectivity index (χ2v) is 4.79. The van der Waals surface area contributed by atoms with Crippen molar-refractivity contribution in [2.45, 2.75) is 32.7 Å². The molecule has 18 heavy (non-hydrogen) atoms. The van der Waals surface area contributed by atoms with Crippen LogP contribution < -0.4 is 10.5 Å². The van der Waals surface area contributed by atoms with E-state index < -0.39 is 0 Å². The van der Waals surface area contributed by atoms with Crippen molar-refractivity contribution in [1.82, 2.24) is 4.90 Å². The van der Waals surface area contributed by atoms with Gasteiger partial charge in [-0.2, -0.15) is 0 Å². The van der Waals surface area contributed by atoms with E-state index in [1.165, 1.54) is 0 Å². The number of hydrogen-bond donors (Lipinski definition) is 1. The summed E-state index contributed by atoms with van der Waals surface area (Å²) in [6.45, 7) is 8.16. The molecule has 1 rings (SSSR count). The van der Waals surface area contributed by atoms with E-state index in [9.17, 15) is 0 Å². The molecule has 3 nitrogen and oxygen atoms in total. The Morgan fingerprint density at radius 2 is 1.78 bits per heavy atom. The van der Waals surface area contributed by atoms with Crippen LogP contribution in [0, 0.1) is 0 Å². The van der Waals surface area contributed by atoms with Crippen molar-refractivity contribution in [2.75, 3.05) is 26.2 Å². The Hall–Kier alpha value is -1.06. The number of benzene rings is 1. The Labute approximate surface area is 111 Å². The first-order valence-electron chi connectivity index (χ1n) is 6.86. The van der Waals surface area contributed by atoms with Gasteiger partial charge >= 0.3 is 0 Å². The quantitative estimate of drug-likeness (QED) is 0.684. The fourth-order valence-electron chi connectivity index (χ4n) is 1.90. The van der Waals surface area contributed by atoms with Crippen LogP contribution in [-0.2, 0) is 0 Å². The zero-order valence-electron chi connectivity index (χ0n) is 11.6. The lowest BCUT2D eigenvalue weighted by molar-refractivity contribution is 0.197. The lowest BCUT2D eigenvalue weighted by Gasteiger charge is -2.26. The van der Waals surface area contributed by atoms with Gasteiger partial charge in [0.2, 0.25) is 0 Å². The van der Waals surface area contributed by atoms with Gasteiger partial charge in [0.05, 0.1) is 6.61 Å². The van der Waals surface area contributed by atoms with Crippen molar-refractivity contribution in [3.63, 3.8) is 0 Å². The van der Waals surface area contributed by atoms with Crippen molar-refractivity contribution in [1.29, 1.82) is 0 Å². The Morgan fingerprint density at radius 1 is 1.11 bits per heavy atom. The third-order valence-electron chi connectivity index (χ3n) is 2.98. The summed E-state index contributed by atoms with van der Waals surface area (Å²) in [7, 11) is 0. The highest BCUT2D eigenvalue weighted by Crippen LogP contribution is 2.09. The number of para-hydroxylation sites is 1. The number of hydrogen-bond acceptors (Lipinski definition) is 3. The van der Waals surface area contributed by atoms with Crippen LogP contribution in [0.15, 0.2) is 30.3 Å². The molecule has 0 aliphatic heterocycles. The molecule has 102 valence electrons. The summed E-state index contributed by atoms with van der Waals surface area (Å²) in [6.07, 6.45) is 2.12. The van der Waals surface area contributed by atoms with Gasteiger partial charge in [-0.25, -0.2) is 0 Å². The van der Waals surface area contributed by atoms with Gasteiger partial charge in [0, 0.05) is 12.6 Å². The highest BCUT2D eigenvalue weighted by Gasteiger charge is 2.07. The average molecular weight is 250 g/mol. The van der Waals surface area contributed by atoms with Gasteiger partial charge in [-0.1, -0.05) is 18.2 Å². The van der Waals surface area contributed by atoms with Crippen LogP contribution in [0.2, 0.25) is 0 Å². The lowest BCUT2D eigenvalue weighted by Crippen LogP contribution is -2.34. The molecule has 0 aliphatic carbocycles. The molecule has 0 saturated carbocycles. The van der Waals surface area contributed by atoms with E-state index in [0.717, 1.165) is 44.8 Å². The fourth-order valence-corrected chi connectivity index (χ4v) is 1.90. The molecule has 0 amide bonds. The summed E-state index contributed by atoms with van der Waals surface area (Å²) in [6, 6.07) is 10.6. The minimum absolute atomic E-state index is 0.577. The molecule has 1 aromatic carbocycles. The number of ether oxygens (including phenoxy) is 1. The van der Waals surface area contributed by atoms with Gasteiger partial charge in [-0.3, -0.25) is 0 Å². The second kappa shape index (κ2) is 8.95. The molecular weight excluding hydrogens is 224 g/mol. The highest BCUT2D eigenvalue weighted by atomic mass is 16.5. The number of rotatable bonds is 9. The molecule has 0 spiro atoms. The van der Waals surface area contributed by atoms with Crippen LogP contribution in [0.4, 0.5) is 0 Å². The molecule has 3 heteroatoms. The van der Waals surface area contributed by atoms with Gasteiger partial charge in [-0.05, 0) is 51.9 Å². The standard InChI is InChI=1S/C15H26N2O/c1-14(2)17(11-6-10-16)12-7-13-18-15-8-4-3-5-9-15/h3-5,8-9,14H,6-7,10-13,16H2,1-2H3. The Balaban J connectivity index is 2.18. The summed E-state index contributed by atoms with van der Waals surface area (Å²) in [5.41, 5.74) is 5.56. The zero-order valence-corrected chi connectivity index (χ0v) is 11.6. The summed E-state index contributed by atoms with van der Waals surface area (Å²) in [4.78, 5) is 2.46. The van der Waals surface area contributed by atoms with Crippen LogP contribution in [0.5, 0.6) is 5.75 Å². The van der Waals surface area contributed by atoms with E-state index in [2.05, 4.69) is 18.7 Å². The monoisotopic (exact) mass is 250 g/mol. The van der Waals surface area contributed by atoms with Gasteiger partial charge in [-0.15, -0.1) is 0 Å². The maximum atomic E-state index is 5.69. The van der Waals surface area contributed by atoms with E-state index in [1.54, 1.807) is 0 Å². The smallest absolute Gasteiger partial charge is 0.119 e. The van der Waals surface area contributed by atoms with Crippen LogP contribution in [0.1, 0.15) is 26.7 Å². The topological polar surface area (TPSA) is 38.5 Å². The minimum Gasteiger partial charge on any atom is -0.494 e. The van der Waals surface area contributed by atoms with Crippen LogP contribution in [0.3, 0.4) is 0 Å². The first-order valence-corrected chi connectivity index (χ1v) is 6.86. The van der Waals surface area contributed by atoms with Crippen molar-refractivity contribution < 1.29 is 4.74 Å². The molecule has 0 unspecified atom stereocenters. The SMILES string of the molecule is CC(C)N(CCCN)CCCOc1ccccc1. The predicted molar refractivity (Wildman–Crippen MR) is 76.9 cm³/mol. The van der Waals surface area contributed by atoms with Crippen LogP contribution in [-0.4, -0.2) is 37.2 Å². The van der Waals surface area contributed by atoms with Crippen molar-refractivity contribution in [3.8, 4) is 5.75 Å². The third-order valence-corrected chi connectivity index (χ3v) is 2.98. The number of nitrogens with two attached hydrogens (primary N) is 1. The molecule has 0 heterocycles. The Kier molecular flexibility index (Phi) is 7.46. The van der Waals surface area contributed by atoms with Crippen LogP contribution in [0.25, 0.3) is 0 Å². The highest BCUT2D eigenvalue weighted by molar-refractivity contribution is 5.20. The Bertz CT molecular complexity index is 301. The summed E-state index contributed by atoms with van der Waals surface area (Å²) >= 11 is 0. The first kappa shape index (κ1) is 15.0. The molecule has 1 aromatic rings. The van der Waals surface area contributed by atoms with E-state index in [0.29, 0.717) is 6.04 Å².